The summed E-state index contributed by atoms with van der Waals surface area (Å²) in [6, 6.07) is 14.3. The van der Waals surface area contributed by atoms with Crippen molar-refractivity contribution in [1.82, 2.24) is 14.4 Å². The van der Waals surface area contributed by atoms with Gasteiger partial charge in [0.25, 0.3) is 0 Å². The number of nitrogens with zero attached hydrogens (tertiary/aromatic N) is 4. The van der Waals surface area contributed by atoms with Crippen molar-refractivity contribution < 1.29 is 0 Å². The van der Waals surface area contributed by atoms with Crippen LogP contribution in [0.2, 0.25) is 0 Å². The predicted molar refractivity (Wildman–Crippen MR) is 105 cm³/mol. The molecule has 0 aliphatic heterocycles. The molecule has 0 atom stereocenters. The molecule has 0 amide bonds. The van der Waals surface area contributed by atoms with Crippen molar-refractivity contribution >= 4 is 33.5 Å². The lowest BCUT2D eigenvalue weighted by molar-refractivity contribution is 1.11. The molecule has 1 aromatic carbocycles. The van der Waals surface area contributed by atoms with Gasteiger partial charge in [0, 0.05) is 42.7 Å². The summed E-state index contributed by atoms with van der Waals surface area (Å²) < 4.78 is 2.09. The molecule has 0 spiro atoms. The fourth-order valence-corrected chi connectivity index (χ4v) is 3.48. The average Bonchev–Trinajstić information content (AvgIpc) is 3.20. The molecule has 126 valence electrons. The van der Waals surface area contributed by atoms with Gasteiger partial charge in [0.2, 0.25) is 0 Å². The second-order valence-electron chi connectivity index (χ2n) is 6.08. The number of hydrogen-bond donors (Lipinski definition) is 1. The maximum Gasteiger partial charge on any atom is 0.187 e. The molecule has 0 unspecified atom stereocenters. The second kappa shape index (κ2) is 6.22. The smallest absolute Gasteiger partial charge is 0.187 e. The normalized spacial score (nSPS) is 11.0. The third kappa shape index (κ3) is 2.96. The number of nitrogens with one attached hydrogen (secondary N) is 1. The van der Waals surface area contributed by atoms with Gasteiger partial charge in [-0.05, 0) is 43.3 Å². The molecule has 5 nitrogen and oxygen atoms in total. The second-order valence-corrected chi connectivity index (χ2v) is 6.94. The van der Waals surface area contributed by atoms with Crippen LogP contribution in [0.3, 0.4) is 0 Å². The van der Waals surface area contributed by atoms with E-state index in [0.717, 1.165) is 33.5 Å². The molecule has 0 bridgehead atoms. The van der Waals surface area contributed by atoms with E-state index < -0.39 is 0 Å². The summed E-state index contributed by atoms with van der Waals surface area (Å²) >= 11 is 1.59. The summed E-state index contributed by atoms with van der Waals surface area (Å²) in [5, 5.41) is 6.28. The Hall–Kier alpha value is -2.86. The Morgan fingerprint density at radius 1 is 1.04 bits per heavy atom. The minimum absolute atomic E-state index is 0.865. The molecule has 6 heteroatoms. The van der Waals surface area contributed by atoms with E-state index >= 15 is 0 Å². The number of benzene rings is 1. The third-order valence-electron chi connectivity index (χ3n) is 4.15. The molecular weight excluding hydrogens is 330 g/mol. The molecule has 1 N–H and O–H groups in total. The number of fused-ring (bicyclic) bond motifs is 1. The van der Waals surface area contributed by atoms with Crippen LogP contribution in [0.15, 0.2) is 54.0 Å². The van der Waals surface area contributed by atoms with Gasteiger partial charge < -0.3 is 14.6 Å². The Labute approximate surface area is 150 Å². The van der Waals surface area contributed by atoms with Gasteiger partial charge >= 0.3 is 0 Å². The first-order valence-electron chi connectivity index (χ1n) is 8.06. The minimum Gasteiger partial charge on any atom is -0.378 e. The quantitative estimate of drug-likeness (QED) is 0.586. The topological polar surface area (TPSA) is 45.5 Å². The largest absolute Gasteiger partial charge is 0.378 e. The molecule has 25 heavy (non-hydrogen) atoms. The van der Waals surface area contributed by atoms with Gasteiger partial charge in [0.15, 0.2) is 5.13 Å². The molecule has 0 saturated carbocycles. The van der Waals surface area contributed by atoms with Crippen LogP contribution in [-0.2, 0) is 0 Å². The standard InChI is InChI=1S/C19H19N5S/c1-13-18(22-17-6-4-5-11-24(13)17)16-12-25-19(21-16)20-14-7-9-15(10-8-14)23(2)3/h4-12H,1-3H3,(H,20,21). The Kier molecular flexibility index (Phi) is 3.89. The molecule has 0 radical (unpaired) electrons. The van der Waals surface area contributed by atoms with E-state index in [1.54, 1.807) is 11.3 Å². The summed E-state index contributed by atoms with van der Waals surface area (Å²) in [6.45, 7) is 2.07. The number of pyridine rings is 1. The molecule has 0 saturated heterocycles. The van der Waals surface area contributed by atoms with Crippen molar-refractivity contribution in [3.05, 3.63) is 59.7 Å². The number of hydrogen-bond acceptors (Lipinski definition) is 5. The zero-order valence-electron chi connectivity index (χ0n) is 14.4. The third-order valence-corrected chi connectivity index (χ3v) is 4.91. The van der Waals surface area contributed by atoms with Crippen LogP contribution in [0, 0.1) is 6.92 Å². The fraction of sp³-hybridized carbons (Fsp3) is 0.158. The lowest BCUT2D eigenvalue weighted by atomic mass is 10.2. The lowest BCUT2D eigenvalue weighted by Gasteiger charge is -2.12. The summed E-state index contributed by atoms with van der Waals surface area (Å²) in [5.41, 5.74) is 6.07. The molecule has 0 aliphatic carbocycles. The highest BCUT2D eigenvalue weighted by Crippen LogP contribution is 2.29. The summed E-state index contributed by atoms with van der Waals surface area (Å²) in [6.07, 6.45) is 2.03. The molecular formula is C19H19N5S. The van der Waals surface area contributed by atoms with E-state index in [9.17, 15) is 0 Å². The van der Waals surface area contributed by atoms with Crippen molar-refractivity contribution in [3.63, 3.8) is 0 Å². The Balaban J connectivity index is 1.60. The van der Waals surface area contributed by atoms with E-state index in [1.165, 1.54) is 5.69 Å². The van der Waals surface area contributed by atoms with Crippen molar-refractivity contribution in [2.75, 3.05) is 24.3 Å². The van der Waals surface area contributed by atoms with Crippen molar-refractivity contribution in [1.29, 1.82) is 0 Å². The van der Waals surface area contributed by atoms with Crippen molar-refractivity contribution in [2.24, 2.45) is 0 Å². The van der Waals surface area contributed by atoms with E-state index in [1.807, 2.05) is 43.9 Å². The summed E-state index contributed by atoms with van der Waals surface area (Å²) in [5.74, 6) is 0. The van der Waals surface area contributed by atoms with E-state index in [4.69, 9.17) is 9.97 Å². The number of thiazole rings is 1. The highest BCUT2D eigenvalue weighted by atomic mass is 32.1. The molecule has 0 fully saturated rings. The van der Waals surface area contributed by atoms with Gasteiger partial charge in [0.1, 0.15) is 17.0 Å². The summed E-state index contributed by atoms with van der Waals surface area (Å²) in [7, 11) is 4.07. The Morgan fingerprint density at radius 3 is 2.56 bits per heavy atom. The molecule has 0 aliphatic rings. The monoisotopic (exact) mass is 349 g/mol. The number of rotatable bonds is 4. The van der Waals surface area contributed by atoms with Crippen LogP contribution in [-0.4, -0.2) is 28.5 Å². The molecule has 3 heterocycles. The number of imidazole rings is 1. The van der Waals surface area contributed by atoms with E-state index in [2.05, 4.69) is 45.8 Å². The van der Waals surface area contributed by atoms with Crippen LogP contribution in [0.1, 0.15) is 5.69 Å². The van der Waals surface area contributed by atoms with Gasteiger partial charge in [0.05, 0.1) is 0 Å². The maximum atomic E-state index is 4.71. The van der Waals surface area contributed by atoms with Crippen LogP contribution in [0.5, 0.6) is 0 Å². The molecule has 4 rings (SSSR count). The Bertz CT molecular complexity index is 1010. The molecule has 3 aromatic heterocycles. The van der Waals surface area contributed by atoms with Gasteiger partial charge in [-0.15, -0.1) is 11.3 Å². The first-order chi connectivity index (χ1) is 12.1. The van der Waals surface area contributed by atoms with Crippen molar-refractivity contribution in [2.45, 2.75) is 6.92 Å². The van der Waals surface area contributed by atoms with Gasteiger partial charge in [-0.3, -0.25) is 0 Å². The first-order valence-corrected chi connectivity index (χ1v) is 8.94. The highest BCUT2D eigenvalue weighted by molar-refractivity contribution is 7.14. The summed E-state index contributed by atoms with van der Waals surface area (Å²) in [4.78, 5) is 11.5. The number of aryl methyl sites for hydroxylation is 1. The van der Waals surface area contributed by atoms with E-state index in [-0.39, 0.29) is 0 Å². The zero-order valence-corrected chi connectivity index (χ0v) is 15.2. The number of aromatic nitrogens is 3. The van der Waals surface area contributed by atoms with Crippen LogP contribution < -0.4 is 10.2 Å². The Morgan fingerprint density at radius 2 is 1.84 bits per heavy atom. The van der Waals surface area contributed by atoms with Gasteiger partial charge in [-0.1, -0.05) is 6.07 Å². The van der Waals surface area contributed by atoms with Crippen LogP contribution in [0.4, 0.5) is 16.5 Å². The first kappa shape index (κ1) is 15.7. The molecule has 4 aromatic rings. The highest BCUT2D eigenvalue weighted by Gasteiger charge is 2.13. The van der Waals surface area contributed by atoms with Crippen molar-refractivity contribution in [3.8, 4) is 11.4 Å². The maximum absolute atomic E-state index is 4.71. The van der Waals surface area contributed by atoms with Crippen LogP contribution in [0.25, 0.3) is 17.0 Å². The number of anilines is 3. The van der Waals surface area contributed by atoms with E-state index in [0.29, 0.717) is 0 Å². The average molecular weight is 349 g/mol. The SMILES string of the molecule is Cc1c(-c2csc(Nc3ccc(N(C)C)cc3)n2)nc2ccccn12. The van der Waals surface area contributed by atoms with Crippen LogP contribution >= 0.6 is 11.3 Å². The van der Waals surface area contributed by atoms with Gasteiger partial charge in [-0.2, -0.15) is 0 Å². The minimum atomic E-state index is 0.865. The van der Waals surface area contributed by atoms with Gasteiger partial charge in [-0.25, -0.2) is 9.97 Å². The lowest BCUT2D eigenvalue weighted by Crippen LogP contribution is -2.08. The fourth-order valence-electron chi connectivity index (χ4n) is 2.77. The zero-order chi connectivity index (χ0) is 17.4. The predicted octanol–water partition coefficient (Wildman–Crippen LogP) is 4.58.